The molecule has 6 atom stereocenters. The molecule has 28 heavy (non-hydrogen) atoms. The fourth-order valence-corrected chi connectivity index (χ4v) is 3.76. The fraction of sp³-hybridized carbons (Fsp3) is 0.588. The first-order valence-corrected chi connectivity index (χ1v) is 9.92. The third-order valence-corrected chi connectivity index (χ3v) is 6.01. The van der Waals surface area contributed by atoms with Crippen molar-refractivity contribution in [1.29, 1.82) is 0 Å². The van der Waals surface area contributed by atoms with Gasteiger partial charge in [0, 0.05) is 12.3 Å². The highest BCUT2D eigenvalue weighted by Crippen LogP contribution is 2.34. The highest BCUT2D eigenvalue weighted by molar-refractivity contribution is 7.86. The van der Waals surface area contributed by atoms with Crippen molar-refractivity contribution in [2.45, 2.75) is 55.4 Å². The zero-order chi connectivity index (χ0) is 21.3. The van der Waals surface area contributed by atoms with Gasteiger partial charge in [-0.15, -0.1) is 0 Å². The molecule has 1 heterocycles. The van der Waals surface area contributed by atoms with Crippen molar-refractivity contribution in [2.24, 2.45) is 5.92 Å². The summed E-state index contributed by atoms with van der Waals surface area (Å²) < 4.78 is 34.1. The third kappa shape index (κ3) is 4.87. The first kappa shape index (κ1) is 22.7. The Kier molecular flexibility index (Phi) is 6.82. The molecule has 1 aromatic rings. The van der Waals surface area contributed by atoms with Crippen LogP contribution in [0.3, 0.4) is 0 Å². The highest BCUT2D eigenvalue weighted by Gasteiger charge is 2.52. The minimum absolute atomic E-state index is 0.141. The lowest BCUT2D eigenvalue weighted by Crippen LogP contribution is -2.60. The van der Waals surface area contributed by atoms with Gasteiger partial charge >= 0.3 is 5.97 Å². The highest BCUT2D eigenvalue weighted by atomic mass is 32.2. The van der Waals surface area contributed by atoms with Gasteiger partial charge in [0.15, 0.2) is 0 Å². The molecule has 0 aromatic heterocycles. The maximum Gasteiger partial charge on any atom is 0.364 e. The zero-order valence-electron chi connectivity index (χ0n) is 15.3. The molecule has 0 radical (unpaired) electrons. The van der Waals surface area contributed by atoms with Crippen molar-refractivity contribution in [3.63, 3.8) is 0 Å². The summed E-state index contributed by atoms with van der Waals surface area (Å²) in [6, 6.07) is 5.77. The molecule has 0 saturated carbocycles. The normalized spacial score (nSPS) is 30.6. The van der Waals surface area contributed by atoms with E-state index in [1.54, 1.807) is 19.1 Å². The lowest BCUT2D eigenvalue weighted by atomic mass is 9.85. The molecule has 1 aliphatic heterocycles. The van der Waals surface area contributed by atoms with Crippen molar-refractivity contribution in [1.82, 2.24) is 0 Å². The first-order chi connectivity index (χ1) is 12.9. The van der Waals surface area contributed by atoms with Gasteiger partial charge in [-0.05, 0) is 19.1 Å². The Balaban J connectivity index is 2.07. The molecular weight excluding hydrogens is 396 g/mol. The summed E-state index contributed by atoms with van der Waals surface area (Å²) in [6.45, 7) is 2.36. The number of aliphatic carboxylic acids is 1. The van der Waals surface area contributed by atoms with Gasteiger partial charge in [0.1, 0.15) is 12.2 Å². The number of rotatable bonds is 7. The largest absolute Gasteiger partial charge is 0.477 e. The summed E-state index contributed by atoms with van der Waals surface area (Å²) in [5, 5.41) is 49.4. The van der Waals surface area contributed by atoms with E-state index in [0.29, 0.717) is 0 Å². The number of carboxylic acid groups (broad SMARTS) is 1. The van der Waals surface area contributed by atoms with Crippen LogP contribution in [0, 0.1) is 12.8 Å². The predicted octanol–water partition coefficient (Wildman–Crippen LogP) is -1.02. The van der Waals surface area contributed by atoms with Crippen molar-refractivity contribution in [2.75, 3.05) is 6.61 Å². The Labute approximate surface area is 162 Å². The van der Waals surface area contributed by atoms with Gasteiger partial charge in [-0.1, -0.05) is 24.6 Å². The quantitative estimate of drug-likeness (QED) is 0.344. The van der Waals surface area contributed by atoms with Crippen LogP contribution in [-0.2, 0) is 23.8 Å². The van der Waals surface area contributed by atoms with Crippen LogP contribution in [0.2, 0.25) is 0 Å². The lowest BCUT2D eigenvalue weighted by Gasteiger charge is -2.43. The molecule has 0 amide bonds. The van der Waals surface area contributed by atoms with Crippen LogP contribution >= 0.6 is 0 Å². The van der Waals surface area contributed by atoms with Crippen molar-refractivity contribution < 1.29 is 47.7 Å². The number of benzene rings is 1. The number of aryl methyl sites for hydroxylation is 1. The van der Waals surface area contributed by atoms with Crippen LogP contribution < -0.4 is 0 Å². The molecule has 10 nitrogen and oxygen atoms in total. The van der Waals surface area contributed by atoms with Gasteiger partial charge < -0.3 is 30.3 Å². The molecule has 1 fully saturated rings. The maximum absolute atomic E-state index is 12.2. The number of hydrogen-bond donors (Lipinski definition) is 5. The number of ether oxygens (including phenoxy) is 1. The number of carboxylic acids is 1. The first-order valence-electron chi connectivity index (χ1n) is 8.51. The average Bonchev–Trinajstić information content (AvgIpc) is 2.62. The van der Waals surface area contributed by atoms with Gasteiger partial charge in [-0.3, -0.25) is 4.18 Å². The third-order valence-electron chi connectivity index (χ3n) is 4.71. The lowest BCUT2D eigenvalue weighted by molar-refractivity contribution is -0.302. The van der Waals surface area contributed by atoms with Gasteiger partial charge in [0.05, 0.1) is 23.7 Å². The minimum Gasteiger partial charge on any atom is -0.477 e. The minimum atomic E-state index is -4.20. The van der Waals surface area contributed by atoms with E-state index in [4.69, 9.17) is 14.0 Å². The summed E-state index contributed by atoms with van der Waals surface area (Å²) in [6.07, 6.45) is -7.06. The van der Waals surface area contributed by atoms with E-state index in [1.165, 1.54) is 19.1 Å². The summed E-state index contributed by atoms with van der Waals surface area (Å²) in [4.78, 5) is 11.0. The molecule has 0 aliphatic carbocycles. The Morgan fingerprint density at radius 2 is 1.89 bits per heavy atom. The van der Waals surface area contributed by atoms with Crippen molar-refractivity contribution in [3.05, 3.63) is 29.8 Å². The van der Waals surface area contributed by atoms with Crippen LogP contribution in [0.1, 0.15) is 18.9 Å². The van der Waals surface area contributed by atoms with Crippen molar-refractivity contribution >= 4 is 16.1 Å². The zero-order valence-corrected chi connectivity index (χ0v) is 16.1. The molecule has 1 saturated heterocycles. The molecule has 2 rings (SSSR count). The summed E-state index contributed by atoms with van der Waals surface area (Å²) >= 11 is 0. The molecule has 11 heteroatoms. The molecular formula is C17H24O10S. The SMILES string of the molecule is Cc1ccc(S(=O)(=O)OC[C@@H](O)[C@@H](O)C2OC(O)(C(=O)O)C[C@H](O)[C@H]2C)cc1. The van der Waals surface area contributed by atoms with Gasteiger partial charge in [0.25, 0.3) is 15.9 Å². The second kappa shape index (κ2) is 8.41. The van der Waals surface area contributed by atoms with Crippen LogP contribution in [0.15, 0.2) is 29.2 Å². The van der Waals surface area contributed by atoms with E-state index < -0.39 is 65.2 Å². The van der Waals surface area contributed by atoms with E-state index in [2.05, 4.69) is 0 Å². The predicted molar refractivity (Wildman–Crippen MR) is 93.6 cm³/mol. The molecule has 1 aromatic carbocycles. The Morgan fingerprint density at radius 1 is 1.32 bits per heavy atom. The molecule has 5 N–H and O–H groups in total. The fourth-order valence-electron chi connectivity index (χ4n) is 2.84. The smallest absolute Gasteiger partial charge is 0.364 e. The van der Waals surface area contributed by atoms with Gasteiger partial charge in [-0.2, -0.15) is 8.42 Å². The van der Waals surface area contributed by atoms with E-state index in [1.807, 2.05) is 0 Å². The second-order valence-corrected chi connectivity index (χ2v) is 8.53. The van der Waals surface area contributed by atoms with E-state index in [0.717, 1.165) is 5.56 Å². The van der Waals surface area contributed by atoms with E-state index in [9.17, 15) is 33.6 Å². The Morgan fingerprint density at radius 3 is 2.43 bits per heavy atom. The molecule has 1 aliphatic rings. The molecule has 2 unspecified atom stereocenters. The monoisotopic (exact) mass is 420 g/mol. The Hall–Kier alpha value is -1.60. The molecule has 158 valence electrons. The van der Waals surface area contributed by atoms with Crippen LogP contribution in [0.4, 0.5) is 0 Å². The Bertz CT molecular complexity index is 793. The van der Waals surface area contributed by atoms with E-state index >= 15 is 0 Å². The van der Waals surface area contributed by atoms with Crippen LogP contribution in [0.25, 0.3) is 0 Å². The summed E-state index contributed by atoms with van der Waals surface area (Å²) in [5.41, 5.74) is 0.835. The average molecular weight is 420 g/mol. The van der Waals surface area contributed by atoms with E-state index in [-0.39, 0.29) is 4.90 Å². The number of carbonyl (C=O) groups is 1. The number of aliphatic hydroxyl groups excluding tert-OH is 3. The standard InChI is InChI=1S/C17H24O10S/c1-9-3-5-11(6-4-9)28(24,25)26-8-13(19)14(20)15-10(2)12(18)7-17(23,27-15)16(21)22/h3-6,10,12-15,18-20,23H,7-8H2,1-2H3,(H,21,22)/t10-,12+,13-,14-,15?,17?/m1/s1. The summed E-state index contributed by atoms with van der Waals surface area (Å²) in [7, 11) is -4.20. The second-order valence-electron chi connectivity index (χ2n) is 6.91. The molecule has 0 bridgehead atoms. The van der Waals surface area contributed by atoms with Crippen LogP contribution in [0.5, 0.6) is 0 Å². The maximum atomic E-state index is 12.2. The number of hydrogen-bond acceptors (Lipinski definition) is 9. The van der Waals surface area contributed by atoms with Crippen LogP contribution in [-0.4, -0.2) is 76.7 Å². The topological polar surface area (TPSA) is 171 Å². The van der Waals surface area contributed by atoms with Gasteiger partial charge in [-0.25, -0.2) is 4.79 Å². The summed E-state index contributed by atoms with van der Waals surface area (Å²) in [5.74, 6) is -5.35. The number of aliphatic hydroxyl groups is 4. The molecule has 0 spiro atoms. The van der Waals surface area contributed by atoms with Crippen molar-refractivity contribution in [3.8, 4) is 0 Å². The van der Waals surface area contributed by atoms with Gasteiger partial charge in [0.2, 0.25) is 0 Å².